The van der Waals surface area contributed by atoms with Crippen molar-refractivity contribution in [3.63, 3.8) is 0 Å². The van der Waals surface area contributed by atoms with Gasteiger partial charge in [-0.3, -0.25) is 4.99 Å². The maximum atomic E-state index is 12.7. The van der Waals surface area contributed by atoms with Crippen LogP contribution in [0, 0.1) is 5.92 Å². The zero-order chi connectivity index (χ0) is 21.4. The molecular formula is C21H28ClN5O2S. The van der Waals surface area contributed by atoms with Crippen molar-refractivity contribution in [1.29, 1.82) is 0 Å². The van der Waals surface area contributed by atoms with E-state index in [0.717, 1.165) is 43.9 Å². The number of nitrogens with one attached hydrogen (secondary N) is 2. The summed E-state index contributed by atoms with van der Waals surface area (Å²) in [5.74, 6) is 1.16. The molecule has 1 aromatic carbocycles. The van der Waals surface area contributed by atoms with E-state index in [-0.39, 0.29) is 0 Å². The lowest BCUT2D eigenvalue weighted by Gasteiger charge is -2.31. The first-order valence-corrected chi connectivity index (χ1v) is 11.9. The van der Waals surface area contributed by atoms with E-state index in [1.54, 1.807) is 47.9 Å². The number of sulfonamides is 1. The first kappa shape index (κ1) is 22.5. The van der Waals surface area contributed by atoms with E-state index in [1.165, 1.54) is 0 Å². The normalized spacial score (nSPS) is 16.4. The minimum Gasteiger partial charge on any atom is -0.356 e. The van der Waals surface area contributed by atoms with Gasteiger partial charge in [0.25, 0.3) is 0 Å². The van der Waals surface area contributed by atoms with E-state index in [0.29, 0.717) is 29.1 Å². The van der Waals surface area contributed by atoms with Crippen LogP contribution in [0.1, 0.15) is 18.4 Å². The van der Waals surface area contributed by atoms with Crippen LogP contribution in [0.25, 0.3) is 0 Å². The zero-order valence-electron chi connectivity index (χ0n) is 17.1. The smallest absolute Gasteiger partial charge is 0.243 e. The van der Waals surface area contributed by atoms with Gasteiger partial charge in [0.05, 0.1) is 4.90 Å². The maximum Gasteiger partial charge on any atom is 0.243 e. The number of nitrogens with zero attached hydrogens (tertiary/aromatic N) is 3. The van der Waals surface area contributed by atoms with Crippen molar-refractivity contribution in [3.8, 4) is 0 Å². The monoisotopic (exact) mass is 449 g/mol. The number of guanidine groups is 1. The fourth-order valence-electron chi connectivity index (χ4n) is 3.44. The molecule has 0 atom stereocenters. The highest BCUT2D eigenvalue weighted by Gasteiger charge is 2.29. The molecule has 9 heteroatoms. The summed E-state index contributed by atoms with van der Waals surface area (Å²) in [6, 6.07) is 12.4. The van der Waals surface area contributed by atoms with Crippen LogP contribution in [0.5, 0.6) is 0 Å². The van der Waals surface area contributed by atoms with Gasteiger partial charge in [-0.15, -0.1) is 0 Å². The Bertz CT molecular complexity index is 928. The Morgan fingerprint density at radius 3 is 2.53 bits per heavy atom. The number of benzene rings is 1. The van der Waals surface area contributed by atoms with Crippen molar-refractivity contribution in [1.82, 2.24) is 19.9 Å². The molecule has 2 N–H and O–H groups in total. The lowest BCUT2D eigenvalue weighted by Crippen LogP contribution is -2.44. The Kier molecular flexibility index (Phi) is 8.07. The Balaban J connectivity index is 1.40. The summed E-state index contributed by atoms with van der Waals surface area (Å²) in [6.45, 7) is 2.58. The fraction of sp³-hybridized carbons (Fsp3) is 0.429. The average molecular weight is 450 g/mol. The molecule has 1 aliphatic rings. The van der Waals surface area contributed by atoms with Crippen LogP contribution in [0.2, 0.25) is 5.15 Å². The van der Waals surface area contributed by atoms with Gasteiger partial charge in [-0.1, -0.05) is 35.9 Å². The van der Waals surface area contributed by atoms with Gasteiger partial charge in [0.15, 0.2) is 5.96 Å². The van der Waals surface area contributed by atoms with E-state index in [2.05, 4.69) is 20.6 Å². The van der Waals surface area contributed by atoms with Crippen molar-refractivity contribution < 1.29 is 8.42 Å². The highest BCUT2D eigenvalue weighted by molar-refractivity contribution is 7.89. The first-order valence-electron chi connectivity index (χ1n) is 10.1. The predicted molar refractivity (Wildman–Crippen MR) is 120 cm³/mol. The van der Waals surface area contributed by atoms with Crippen molar-refractivity contribution in [2.24, 2.45) is 10.9 Å². The second kappa shape index (κ2) is 10.7. The Labute approximate surface area is 183 Å². The number of aromatic nitrogens is 1. The molecule has 1 saturated heterocycles. The minimum atomic E-state index is -3.40. The van der Waals surface area contributed by atoms with Crippen molar-refractivity contribution in [2.75, 3.05) is 33.2 Å². The molecule has 1 aliphatic heterocycles. The molecular weight excluding hydrogens is 422 g/mol. The standard InChI is InChI=1S/C21H28ClN5O2S/c1-23-21(24-12-9-17-7-8-20(22)25-15-17)26-16-18-10-13-27(14-11-18)30(28,29)19-5-3-2-4-6-19/h2-8,15,18H,9-14,16H2,1H3,(H2,23,24,26). The lowest BCUT2D eigenvalue weighted by atomic mass is 9.98. The second-order valence-electron chi connectivity index (χ2n) is 7.28. The number of hydrogen-bond donors (Lipinski definition) is 2. The number of rotatable bonds is 7. The van der Waals surface area contributed by atoms with E-state index >= 15 is 0 Å². The third-order valence-electron chi connectivity index (χ3n) is 5.23. The quantitative estimate of drug-likeness (QED) is 0.385. The van der Waals surface area contributed by atoms with Crippen LogP contribution in [0.4, 0.5) is 0 Å². The van der Waals surface area contributed by atoms with Gasteiger partial charge in [-0.05, 0) is 48.9 Å². The van der Waals surface area contributed by atoms with Crippen molar-refractivity contribution in [2.45, 2.75) is 24.2 Å². The van der Waals surface area contributed by atoms with Crippen molar-refractivity contribution in [3.05, 3.63) is 59.4 Å². The van der Waals surface area contributed by atoms with E-state index in [1.807, 2.05) is 12.1 Å². The average Bonchev–Trinajstić information content (AvgIpc) is 2.78. The van der Waals surface area contributed by atoms with Gasteiger partial charge < -0.3 is 10.6 Å². The molecule has 1 fully saturated rings. The van der Waals surface area contributed by atoms with Gasteiger partial charge in [-0.25, -0.2) is 13.4 Å². The van der Waals surface area contributed by atoms with E-state index in [9.17, 15) is 8.42 Å². The molecule has 0 amide bonds. The third-order valence-corrected chi connectivity index (χ3v) is 7.37. The molecule has 162 valence electrons. The highest BCUT2D eigenvalue weighted by Crippen LogP contribution is 2.23. The van der Waals surface area contributed by atoms with Gasteiger partial charge in [-0.2, -0.15) is 4.31 Å². The molecule has 0 spiro atoms. The van der Waals surface area contributed by atoms with Gasteiger partial charge in [0, 0.05) is 39.4 Å². The number of piperidine rings is 1. The Morgan fingerprint density at radius 1 is 1.17 bits per heavy atom. The SMILES string of the molecule is CN=C(NCCc1ccc(Cl)nc1)NCC1CCN(S(=O)(=O)c2ccccc2)CC1. The molecule has 0 aliphatic carbocycles. The summed E-state index contributed by atoms with van der Waals surface area (Å²) >= 11 is 5.81. The molecule has 7 nitrogen and oxygen atoms in total. The molecule has 0 radical (unpaired) electrons. The van der Waals surface area contributed by atoms with Crippen molar-refractivity contribution >= 4 is 27.6 Å². The summed E-state index contributed by atoms with van der Waals surface area (Å²) in [4.78, 5) is 8.71. The van der Waals surface area contributed by atoms with Gasteiger partial charge >= 0.3 is 0 Å². The molecule has 0 unspecified atom stereocenters. The molecule has 0 bridgehead atoms. The molecule has 1 aromatic heterocycles. The number of aliphatic imine (C=N–C) groups is 1. The summed E-state index contributed by atoms with van der Waals surface area (Å²) in [5.41, 5.74) is 1.11. The maximum absolute atomic E-state index is 12.7. The number of halogens is 1. The summed E-state index contributed by atoms with van der Waals surface area (Å²) < 4.78 is 27.0. The van der Waals surface area contributed by atoms with Crippen LogP contribution in [0.15, 0.2) is 58.5 Å². The van der Waals surface area contributed by atoms with Gasteiger partial charge in [0.2, 0.25) is 10.0 Å². The van der Waals surface area contributed by atoms with Crippen LogP contribution in [-0.4, -0.2) is 56.9 Å². The summed E-state index contributed by atoms with van der Waals surface area (Å²) in [7, 11) is -1.65. The number of pyridine rings is 1. The highest BCUT2D eigenvalue weighted by atomic mass is 35.5. The van der Waals surface area contributed by atoms with Crippen LogP contribution < -0.4 is 10.6 Å². The molecule has 0 saturated carbocycles. The summed E-state index contributed by atoms with van der Waals surface area (Å²) in [6.07, 6.45) is 4.25. The lowest BCUT2D eigenvalue weighted by molar-refractivity contribution is 0.273. The predicted octanol–water partition coefficient (Wildman–Crippen LogP) is 2.54. The topological polar surface area (TPSA) is 86.7 Å². The first-order chi connectivity index (χ1) is 14.5. The fourth-order valence-corrected chi connectivity index (χ4v) is 5.04. The van der Waals surface area contributed by atoms with Crippen LogP contribution in [0.3, 0.4) is 0 Å². The van der Waals surface area contributed by atoms with Gasteiger partial charge in [0.1, 0.15) is 5.15 Å². The van der Waals surface area contributed by atoms with E-state index in [4.69, 9.17) is 11.6 Å². The Morgan fingerprint density at radius 2 is 1.90 bits per heavy atom. The van der Waals surface area contributed by atoms with Crippen LogP contribution in [-0.2, 0) is 16.4 Å². The zero-order valence-corrected chi connectivity index (χ0v) is 18.7. The van der Waals surface area contributed by atoms with Crippen LogP contribution >= 0.6 is 11.6 Å². The van der Waals surface area contributed by atoms with E-state index < -0.39 is 10.0 Å². The number of hydrogen-bond acceptors (Lipinski definition) is 4. The second-order valence-corrected chi connectivity index (χ2v) is 9.60. The molecule has 30 heavy (non-hydrogen) atoms. The molecule has 2 aromatic rings. The summed E-state index contributed by atoms with van der Waals surface area (Å²) in [5, 5.41) is 7.14. The molecule has 2 heterocycles. The molecule has 3 rings (SSSR count). The third kappa shape index (κ3) is 6.17. The Hall–Kier alpha value is -2.16. The largest absolute Gasteiger partial charge is 0.356 e. The minimum absolute atomic E-state index is 0.363.